The Morgan fingerprint density at radius 3 is 2.57 bits per heavy atom. The number of benzene rings is 2. The van der Waals surface area contributed by atoms with E-state index in [0.717, 1.165) is 5.56 Å². The van der Waals surface area contributed by atoms with E-state index in [2.05, 4.69) is 5.32 Å². The van der Waals surface area contributed by atoms with Crippen LogP contribution in [-0.4, -0.2) is 30.9 Å². The van der Waals surface area contributed by atoms with Crippen molar-refractivity contribution in [3.05, 3.63) is 76.7 Å². The van der Waals surface area contributed by atoms with Gasteiger partial charge < -0.3 is 19.2 Å². The highest BCUT2D eigenvalue weighted by Gasteiger charge is 2.15. The zero-order valence-electron chi connectivity index (χ0n) is 16.6. The predicted octanol–water partition coefficient (Wildman–Crippen LogP) is 4.23. The first kappa shape index (κ1) is 21.9. The molecule has 0 aliphatic rings. The number of carbonyl (C=O) groups is 1. The van der Waals surface area contributed by atoms with Crippen molar-refractivity contribution in [1.82, 2.24) is 5.32 Å². The molecule has 3 rings (SSSR count). The summed E-state index contributed by atoms with van der Waals surface area (Å²) >= 11 is 6.08. The van der Waals surface area contributed by atoms with Gasteiger partial charge in [0.25, 0.3) is 5.91 Å². The van der Waals surface area contributed by atoms with E-state index in [0.29, 0.717) is 40.1 Å². The molecule has 1 heterocycles. The normalized spacial score (nSPS) is 11.7. The summed E-state index contributed by atoms with van der Waals surface area (Å²) in [5.41, 5.74) is 1.00. The number of hydrogen-bond acceptors (Lipinski definition) is 5. The minimum absolute atomic E-state index is 0.142. The number of amides is 1. The maximum Gasteiger partial charge on any atom is 0.287 e. The fraction of sp³-hybridized carbons (Fsp3) is 0.227. The monoisotopic (exact) mass is 447 g/mol. The van der Waals surface area contributed by atoms with Gasteiger partial charge >= 0.3 is 0 Å². The number of furan rings is 1. The third kappa shape index (κ3) is 5.43. The van der Waals surface area contributed by atoms with Crippen LogP contribution in [0.15, 0.2) is 63.9 Å². The molecule has 0 saturated carbocycles. The largest absolute Gasteiger partial charge is 0.493 e. The molecule has 0 spiro atoms. The Morgan fingerprint density at radius 1 is 1.07 bits per heavy atom. The molecule has 0 saturated heterocycles. The molecule has 8 heteroatoms. The van der Waals surface area contributed by atoms with Crippen LogP contribution in [0.1, 0.15) is 21.9 Å². The van der Waals surface area contributed by atoms with E-state index >= 15 is 0 Å². The van der Waals surface area contributed by atoms with Crippen LogP contribution in [0.5, 0.6) is 11.5 Å². The van der Waals surface area contributed by atoms with Gasteiger partial charge in [-0.3, -0.25) is 9.00 Å². The van der Waals surface area contributed by atoms with Crippen LogP contribution < -0.4 is 14.8 Å². The quantitative estimate of drug-likeness (QED) is 0.531. The number of halogens is 1. The number of ether oxygens (including phenoxy) is 2. The molecule has 1 atom stereocenters. The lowest BCUT2D eigenvalue weighted by Gasteiger charge is -2.09. The second-order valence-corrected chi connectivity index (χ2v) is 8.21. The molecular weight excluding hydrogens is 426 g/mol. The summed E-state index contributed by atoms with van der Waals surface area (Å²) in [6.45, 7) is 0.426. The molecular formula is C22H22ClNO5S. The van der Waals surface area contributed by atoms with Crippen LogP contribution >= 0.6 is 11.6 Å². The van der Waals surface area contributed by atoms with E-state index in [1.54, 1.807) is 50.6 Å². The Kier molecular flexibility index (Phi) is 7.54. The van der Waals surface area contributed by atoms with Crippen LogP contribution in [-0.2, 0) is 23.0 Å². The number of rotatable bonds is 9. The number of carbonyl (C=O) groups excluding carboxylic acids is 1. The molecule has 0 fully saturated rings. The Morgan fingerprint density at radius 2 is 1.83 bits per heavy atom. The van der Waals surface area contributed by atoms with Crippen molar-refractivity contribution in [2.75, 3.05) is 20.8 Å². The van der Waals surface area contributed by atoms with E-state index in [9.17, 15) is 9.00 Å². The summed E-state index contributed by atoms with van der Waals surface area (Å²) < 4.78 is 28.6. The molecule has 3 aromatic rings. The second kappa shape index (κ2) is 10.3. The molecule has 0 aliphatic heterocycles. The maximum absolute atomic E-state index is 12.5. The fourth-order valence-corrected chi connectivity index (χ4v) is 4.34. The molecule has 6 nitrogen and oxygen atoms in total. The van der Waals surface area contributed by atoms with Gasteiger partial charge in [-0.1, -0.05) is 29.8 Å². The third-order valence-electron chi connectivity index (χ3n) is 4.39. The van der Waals surface area contributed by atoms with Gasteiger partial charge in [0.1, 0.15) is 5.76 Å². The maximum atomic E-state index is 12.5. The van der Waals surface area contributed by atoms with Gasteiger partial charge in [-0.25, -0.2) is 0 Å². The minimum atomic E-state index is -1.36. The van der Waals surface area contributed by atoms with Crippen LogP contribution in [0.25, 0.3) is 0 Å². The zero-order chi connectivity index (χ0) is 21.5. The fourth-order valence-electron chi connectivity index (χ4n) is 2.86. The van der Waals surface area contributed by atoms with E-state index in [1.165, 1.54) is 0 Å². The van der Waals surface area contributed by atoms with E-state index < -0.39 is 10.8 Å². The predicted molar refractivity (Wildman–Crippen MR) is 116 cm³/mol. The van der Waals surface area contributed by atoms with Crippen LogP contribution in [0.4, 0.5) is 0 Å². The highest BCUT2D eigenvalue weighted by atomic mass is 35.5. The van der Waals surface area contributed by atoms with Crippen LogP contribution in [0, 0.1) is 0 Å². The first-order valence-corrected chi connectivity index (χ1v) is 10.9. The topological polar surface area (TPSA) is 77.8 Å². The van der Waals surface area contributed by atoms with E-state index in [1.807, 2.05) is 18.2 Å². The Balaban J connectivity index is 1.54. The SMILES string of the molecule is COc1ccc(CCNC(=O)c2ccc(CS(=O)c3ccccc3Cl)o2)cc1OC. The molecule has 1 unspecified atom stereocenters. The molecule has 1 N–H and O–H groups in total. The zero-order valence-corrected chi connectivity index (χ0v) is 18.2. The van der Waals surface area contributed by atoms with Crippen LogP contribution in [0.2, 0.25) is 5.02 Å². The van der Waals surface area contributed by atoms with Gasteiger partial charge in [0, 0.05) is 6.54 Å². The molecule has 0 aliphatic carbocycles. The second-order valence-electron chi connectivity index (χ2n) is 6.38. The highest BCUT2D eigenvalue weighted by molar-refractivity contribution is 7.84. The van der Waals surface area contributed by atoms with Gasteiger partial charge in [0.15, 0.2) is 17.3 Å². The number of methoxy groups -OCH3 is 2. The van der Waals surface area contributed by atoms with Crippen molar-refractivity contribution in [1.29, 1.82) is 0 Å². The van der Waals surface area contributed by atoms with Crippen molar-refractivity contribution in [2.24, 2.45) is 0 Å². The van der Waals surface area contributed by atoms with E-state index in [-0.39, 0.29) is 17.4 Å². The molecule has 158 valence electrons. The number of hydrogen-bond donors (Lipinski definition) is 1. The first-order chi connectivity index (χ1) is 14.5. The molecule has 30 heavy (non-hydrogen) atoms. The molecule has 1 amide bonds. The third-order valence-corrected chi connectivity index (χ3v) is 6.22. The van der Waals surface area contributed by atoms with Gasteiger partial charge in [0.2, 0.25) is 0 Å². The van der Waals surface area contributed by atoms with Gasteiger partial charge in [-0.05, 0) is 48.4 Å². The Labute approximate surface area is 182 Å². The minimum Gasteiger partial charge on any atom is -0.493 e. The summed E-state index contributed by atoms with van der Waals surface area (Å²) in [6.07, 6.45) is 0.621. The molecule has 1 aromatic heterocycles. The Hall–Kier alpha value is -2.77. The highest BCUT2D eigenvalue weighted by Crippen LogP contribution is 2.27. The number of nitrogens with one attached hydrogen (secondary N) is 1. The lowest BCUT2D eigenvalue weighted by atomic mass is 10.1. The van der Waals surface area contributed by atoms with Gasteiger partial charge in [-0.2, -0.15) is 0 Å². The van der Waals surface area contributed by atoms with Crippen molar-refractivity contribution in [3.8, 4) is 11.5 Å². The smallest absolute Gasteiger partial charge is 0.287 e. The molecule has 2 aromatic carbocycles. The van der Waals surface area contributed by atoms with Crippen LogP contribution in [0.3, 0.4) is 0 Å². The lowest BCUT2D eigenvalue weighted by Crippen LogP contribution is -2.25. The summed E-state index contributed by atoms with van der Waals surface area (Å²) in [7, 11) is 1.80. The van der Waals surface area contributed by atoms with Crippen molar-refractivity contribution < 1.29 is 22.9 Å². The Bertz CT molecular complexity index is 1050. The summed E-state index contributed by atoms with van der Waals surface area (Å²) in [5, 5.41) is 3.26. The van der Waals surface area contributed by atoms with E-state index in [4.69, 9.17) is 25.5 Å². The first-order valence-electron chi connectivity index (χ1n) is 9.22. The van der Waals surface area contributed by atoms with Crippen molar-refractivity contribution in [2.45, 2.75) is 17.1 Å². The van der Waals surface area contributed by atoms with Gasteiger partial charge in [0.05, 0.1) is 40.7 Å². The summed E-state index contributed by atoms with van der Waals surface area (Å²) in [4.78, 5) is 12.9. The van der Waals surface area contributed by atoms with Gasteiger partial charge in [-0.15, -0.1) is 0 Å². The van der Waals surface area contributed by atoms with Crippen molar-refractivity contribution in [3.63, 3.8) is 0 Å². The summed E-state index contributed by atoms with van der Waals surface area (Å²) in [6, 6.07) is 15.8. The average Bonchev–Trinajstić information content (AvgIpc) is 3.22. The standard InChI is InChI=1S/C22H22ClNO5S/c1-27-18-9-7-15(13-20(18)28-2)11-12-24-22(25)19-10-8-16(29-19)14-30(26)21-6-4-3-5-17(21)23/h3-10,13H,11-12,14H2,1-2H3,(H,24,25). The summed E-state index contributed by atoms with van der Waals surface area (Å²) in [5.74, 6) is 1.74. The lowest BCUT2D eigenvalue weighted by molar-refractivity contribution is 0.0925. The van der Waals surface area contributed by atoms with Crippen molar-refractivity contribution >= 4 is 28.3 Å². The molecule has 0 radical (unpaired) electrons. The average molecular weight is 448 g/mol. The molecule has 0 bridgehead atoms.